The smallest absolute Gasteiger partial charge is 0.311 e. The lowest BCUT2D eigenvalue weighted by atomic mass is 9.83. The van der Waals surface area contributed by atoms with E-state index in [4.69, 9.17) is 18.9 Å². The van der Waals surface area contributed by atoms with Gasteiger partial charge in [-0.05, 0) is 42.0 Å². The molecule has 1 aliphatic carbocycles. The molecule has 0 spiro atoms. The lowest BCUT2D eigenvalue weighted by molar-refractivity contribution is -0.146. The summed E-state index contributed by atoms with van der Waals surface area (Å²) in [5.41, 5.74) is 2.00. The minimum absolute atomic E-state index is 0.0593. The van der Waals surface area contributed by atoms with Gasteiger partial charge in [0.25, 0.3) is 0 Å². The maximum atomic E-state index is 13.4. The Balaban J connectivity index is 1.36. The van der Waals surface area contributed by atoms with E-state index in [1.807, 2.05) is 48.5 Å². The molecular weight excluding hydrogens is 574 g/mol. The van der Waals surface area contributed by atoms with Crippen molar-refractivity contribution in [2.24, 2.45) is 11.8 Å². The lowest BCUT2D eigenvalue weighted by Gasteiger charge is -2.30. The Labute approximate surface area is 267 Å². The van der Waals surface area contributed by atoms with E-state index in [-0.39, 0.29) is 18.6 Å². The van der Waals surface area contributed by atoms with Crippen LogP contribution < -0.4 is 20.1 Å². The maximum absolute atomic E-state index is 13.4. The van der Waals surface area contributed by atoms with Crippen LogP contribution in [0.3, 0.4) is 0 Å². The van der Waals surface area contributed by atoms with Gasteiger partial charge in [-0.25, -0.2) is 0 Å². The van der Waals surface area contributed by atoms with Crippen LogP contribution in [-0.2, 0) is 25.6 Å². The number of hydrogen-bond donors (Lipinski definition) is 3. The summed E-state index contributed by atoms with van der Waals surface area (Å²) in [6.45, 7) is 2.58. The van der Waals surface area contributed by atoms with Crippen molar-refractivity contribution in [3.8, 4) is 11.5 Å². The first-order valence-corrected chi connectivity index (χ1v) is 16.3. The zero-order valence-electron chi connectivity index (χ0n) is 27.0. The highest BCUT2D eigenvalue weighted by atomic mass is 16.5. The zero-order valence-corrected chi connectivity index (χ0v) is 27.0. The van der Waals surface area contributed by atoms with Gasteiger partial charge in [0.05, 0.1) is 45.7 Å². The lowest BCUT2D eigenvalue weighted by Crippen LogP contribution is -2.52. The number of aliphatic hydroxyl groups excluding tert-OH is 1. The molecule has 2 fully saturated rings. The summed E-state index contributed by atoms with van der Waals surface area (Å²) in [4.78, 5) is 28.4. The van der Waals surface area contributed by atoms with Gasteiger partial charge in [0, 0.05) is 45.3 Å². The third-order valence-corrected chi connectivity index (χ3v) is 9.03. The summed E-state index contributed by atoms with van der Waals surface area (Å²) >= 11 is 0. The van der Waals surface area contributed by atoms with Gasteiger partial charge in [-0.15, -0.1) is 0 Å². The van der Waals surface area contributed by atoms with Crippen LogP contribution in [0.2, 0.25) is 0 Å². The molecule has 0 aromatic heterocycles. The van der Waals surface area contributed by atoms with Crippen LogP contribution >= 0.6 is 0 Å². The second kappa shape index (κ2) is 18.1. The van der Waals surface area contributed by atoms with Gasteiger partial charge < -0.3 is 39.6 Å². The molecule has 1 saturated heterocycles. The molecule has 45 heavy (non-hydrogen) atoms. The number of nitrogens with zero attached hydrogens (tertiary/aromatic N) is 1. The highest BCUT2D eigenvalue weighted by molar-refractivity contribution is 6.35. The van der Waals surface area contributed by atoms with Crippen LogP contribution in [0.25, 0.3) is 0 Å². The average Bonchev–Trinajstić information content (AvgIpc) is 3.56. The van der Waals surface area contributed by atoms with E-state index in [9.17, 15) is 14.7 Å². The van der Waals surface area contributed by atoms with Gasteiger partial charge in [0.15, 0.2) is 0 Å². The number of benzene rings is 2. The number of likely N-dealkylation sites (tertiary alicyclic amines) is 1. The topological polar surface area (TPSA) is 119 Å². The van der Waals surface area contributed by atoms with Crippen molar-refractivity contribution >= 4 is 11.8 Å². The first kappa shape index (κ1) is 34.7. The van der Waals surface area contributed by atoms with Crippen molar-refractivity contribution in [1.29, 1.82) is 0 Å². The van der Waals surface area contributed by atoms with Crippen LogP contribution in [0.15, 0.2) is 48.5 Å². The Hall–Kier alpha value is -3.18. The zero-order chi connectivity index (χ0) is 32.0. The first-order valence-electron chi connectivity index (χ1n) is 16.3. The van der Waals surface area contributed by atoms with Gasteiger partial charge in [-0.2, -0.15) is 0 Å². The molecule has 10 heteroatoms. The first-order chi connectivity index (χ1) is 21.9. The van der Waals surface area contributed by atoms with Crippen molar-refractivity contribution in [3.05, 3.63) is 59.7 Å². The van der Waals surface area contributed by atoms with E-state index in [2.05, 4.69) is 10.6 Å². The van der Waals surface area contributed by atoms with Crippen molar-refractivity contribution < 1.29 is 33.6 Å². The van der Waals surface area contributed by atoms with E-state index in [0.717, 1.165) is 43.2 Å². The van der Waals surface area contributed by atoms with Gasteiger partial charge >= 0.3 is 11.8 Å². The van der Waals surface area contributed by atoms with Crippen LogP contribution in [0.4, 0.5) is 0 Å². The number of carbonyl (C=O) groups is 2. The van der Waals surface area contributed by atoms with Crippen molar-refractivity contribution in [2.45, 2.75) is 69.7 Å². The monoisotopic (exact) mass is 625 g/mol. The van der Waals surface area contributed by atoms with Crippen molar-refractivity contribution in [2.75, 3.05) is 54.2 Å². The Morgan fingerprint density at radius 2 is 1.67 bits per heavy atom. The van der Waals surface area contributed by atoms with Crippen molar-refractivity contribution in [3.63, 3.8) is 0 Å². The molecule has 4 rings (SSSR count). The molecule has 248 valence electrons. The summed E-state index contributed by atoms with van der Waals surface area (Å²) in [7, 11) is 4.86. The van der Waals surface area contributed by atoms with E-state index in [1.54, 1.807) is 26.2 Å². The summed E-state index contributed by atoms with van der Waals surface area (Å²) in [5.74, 6) is 0.623. The number of hydrogen-bond acceptors (Lipinski definition) is 8. The Morgan fingerprint density at radius 1 is 0.956 bits per heavy atom. The predicted octanol–water partition coefficient (Wildman–Crippen LogP) is 3.86. The fourth-order valence-corrected chi connectivity index (χ4v) is 6.57. The third-order valence-electron chi connectivity index (χ3n) is 9.03. The summed E-state index contributed by atoms with van der Waals surface area (Å²) in [5, 5.41) is 17.5. The minimum Gasteiger partial charge on any atom is -0.497 e. The molecule has 2 aromatic rings. The molecular formula is C35H51N3O7. The molecule has 2 aliphatic rings. The van der Waals surface area contributed by atoms with Gasteiger partial charge in [-0.3, -0.25) is 9.59 Å². The summed E-state index contributed by atoms with van der Waals surface area (Å²) < 4.78 is 22.1. The normalized spacial score (nSPS) is 19.1. The van der Waals surface area contributed by atoms with Crippen LogP contribution in [0.1, 0.15) is 62.2 Å². The molecule has 3 N–H and O–H groups in total. The molecule has 1 saturated carbocycles. The fraction of sp³-hybridized carbons (Fsp3) is 0.600. The highest BCUT2D eigenvalue weighted by Crippen LogP contribution is 2.33. The van der Waals surface area contributed by atoms with Crippen LogP contribution in [0.5, 0.6) is 11.5 Å². The highest BCUT2D eigenvalue weighted by Gasteiger charge is 2.37. The molecule has 2 unspecified atom stereocenters. The molecule has 4 atom stereocenters. The fourth-order valence-electron chi connectivity index (χ4n) is 6.57. The molecule has 1 aliphatic heterocycles. The predicted molar refractivity (Wildman–Crippen MR) is 172 cm³/mol. The Morgan fingerprint density at radius 3 is 2.33 bits per heavy atom. The maximum Gasteiger partial charge on any atom is 0.311 e. The molecule has 0 radical (unpaired) electrons. The van der Waals surface area contributed by atoms with Crippen LogP contribution in [0, 0.1) is 11.8 Å². The number of aliphatic hydroxyl groups is 1. The van der Waals surface area contributed by atoms with Gasteiger partial charge in [0.1, 0.15) is 11.5 Å². The van der Waals surface area contributed by atoms with E-state index in [1.165, 1.54) is 6.42 Å². The quantitative estimate of drug-likeness (QED) is 0.190. The van der Waals surface area contributed by atoms with Crippen LogP contribution in [-0.4, -0.2) is 88.1 Å². The van der Waals surface area contributed by atoms with E-state index in [0.29, 0.717) is 56.7 Å². The molecule has 0 bridgehead atoms. The van der Waals surface area contributed by atoms with E-state index >= 15 is 0 Å². The number of methoxy groups -OCH3 is 3. The number of ether oxygens (including phenoxy) is 4. The summed E-state index contributed by atoms with van der Waals surface area (Å²) in [6, 6.07) is 15.1. The van der Waals surface area contributed by atoms with Crippen molar-refractivity contribution in [1.82, 2.24) is 15.5 Å². The standard InChI is InChI=1S/C35H51N3O7/c1-42-16-17-45-33(27-12-8-5-9-13-27)28-14-15-38(24-28)35(41)34(40)37-31(20-25-10-6-4-7-11-25)32(39)23-36-22-26-18-29(43-2)21-30(19-26)44-3/h5,8-9,12-13,18-19,21,25,28,31-33,36,39H,4,6-7,10-11,14-17,20,22-24H2,1-3H3,(H,37,40)/t28?,31-,32-,33?/m0/s1. The minimum atomic E-state index is -0.862. The largest absolute Gasteiger partial charge is 0.497 e. The number of amides is 2. The number of carbonyl (C=O) groups excluding carboxylic acids is 2. The average molecular weight is 626 g/mol. The number of nitrogens with one attached hydrogen (secondary N) is 2. The van der Waals surface area contributed by atoms with Gasteiger partial charge in [-0.1, -0.05) is 62.4 Å². The third kappa shape index (κ3) is 10.4. The summed E-state index contributed by atoms with van der Waals surface area (Å²) in [6.07, 6.45) is 5.98. The second-order valence-corrected chi connectivity index (χ2v) is 12.2. The Kier molecular flexibility index (Phi) is 13.9. The second-order valence-electron chi connectivity index (χ2n) is 12.2. The Bertz CT molecular complexity index is 1170. The molecule has 1 heterocycles. The van der Waals surface area contributed by atoms with E-state index < -0.39 is 24.0 Å². The van der Waals surface area contributed by atoms with Gasteiger partial charge in [0.2, 0.25) is 0 Å². The molecule has 10 nitrogen and oxygen atoms in total. The number of rotatable bonds is 16. The molecule has 2 aromatic carbocycles. The SMILES string of the molecule is COCCOC(c1ccccc1)C1CCN(C(=O)C(=O)N[C@@H](CC2CCCCC2)[C@@H](O)CNCc2cc(OC)cc(OC)c2)C1. The molecule has 2 amide bonds.